The molecule has 0 aliphatic heterocycles. The van der Waals surface area contributed by atoms with Crippen LogP contribution in [-0.2, 0) is 0 Å². The zero-order valence-electron chi connectivity index (χ0n) is 16.4. The molecule has 0 bridgehead atoms. The lowest BCUT2D eigenvalue weighted by molar-refractivity contribution is 0.0697. The third-order valence-corrected chi connectivity index (χ3v) is 5.24. The molecule has 0 unspecified atom stereocenters. The molecule has 0 fully saturated rings. The number of carbonyl (C=O) groups is 1. The van der Waals surface area contributed by atoms with Gasteiger partial charge in [0, 0.05) is 18.5 Å². The average molecular weight is 459 g/mol. The van der Waals surface area contributed by atoms with Gasteiger partial charge in [0.15, 0.2) is 0 Å². The molecule has 0 radical (unpaired) electrons. The lowest BCUT2D eigenvalue weighted by Crippen LogP contribution is -2.05. The SMILES string of the molecule is COc1cc(OC)c(-c2nc3ncccn3c2Nc2c(Cl)cccc2Cl)c(C(=O)O)c1. The number of anilines is 2. The van der Waals surface area contributed by atoms with Gasteiger partial charge in [-0.05, 0) is 24.3 Å². The number of aromatic carboxylic acids is 1. The first-order valence-electron chi connectivity index (χ1n) is 8.98. The predicted octanol–water partition coefficient (Wildman–Crippen LogP) is 5.16. The molecule has 2 N–H and O–H groups in total. The number of nitrogens with one attached hydrogen (secondary N) is 1. The van der Waals surface area contributed by atoms with E-state index in [2.05, 4.69) is 15.3 Å². The van der Waals surface area contributed by atoms with Gasteiger partial charge in [0.25, 0.3) is 0 Å². The van der Waals surface area contributed by atoms with E-state index >= 15 is 0 Å². The number of imidazole rings is 1. The van der Waals surface area contributed by atoms with Gasteiger partial charge >= 0.3 is 5.97 Å². The van der Waals surface area contributed by atoms with E-state index in [4.69, 9.17) is 32.7 Å². The first-order valence-corrected chi connectivity index (χ1v) is 9.74. The Morgan fingerprint density at radius 1 is 1.13 bits per heavy atom. The molecule has 4 aromatic rings. The quantitative estimate of drug-likeness (QED) is 0.411. The number of benzene rings is 2. The van der Waals surface area contributed by atoms with Gasteiger partial charge in [0.05, 0.1) is 41.1 Å². The van der Waals surface area contributed by atoms with Crippen LogP contribution in [0.3, 0.4) is 0 Å². The van der Waals surface area contributed by atoms with Crippen LogP contribution in [0.5, 0.6) is 11.5 Å². The highest BCUT2D eigenvalue weighted by atomic mass is 35.5. The van der Waals surface area contributed by atoms with Crippen LogP contribution in [0, 0.1) is 0 Å². The van der Waals surface area contributed by atoms with Crippen LogP contribution in [0.25, 0.3) is 17.0 Å². The van der Waals surface area contributed by atoms with E-state index in [-0.39, 0.29) is 16.9 Å². The van der Waals surface area contributed by atoms with E-state index in [1.807, 2.05) is 0 Å². The molecule has 31 heavy (non-hydrogen) atoms. The van der Waals surface area contributed by atoms with Crippen molar-refractivity contribution in [3.63, 3.8) is 0 Å². The van der Waals surface area contributed by atoms with Crippen LogP contribution in [0.1, 0.15) is 10.4 Å². The molecule has 10 heteroatoms. The molecule has 158 valence electrons. The maximum atomic E-state index is 12.1. The monoisotopic (exact) mass is 458 g/mol. The van der Waals surface area contributed by atoms with Crippen LogP contribution >= 0.6 is 23.2 Å². The standard InChI is InChI=1S/C21H16Cl2N4O4/c1-30-11-9-12(20(28)29)16(15(10-11)31-2)18-19(27-8-4-7-24-21(27)26-18)25-17-13(22)5-3-6-14(17)23/h3-10,25H,1-2H3,(H,28,29). The zero-order chi connectivity index (χ0) is 22.1. The van der Waals surface area contributed by atoms with E-state index in [9.17, 15) is 9.90 Å². The summed E-state index contributed by atoms with van der Waals surface area (Å²) in [5.74, 6) is 0.206. The largest absolute Gasteiger partial charge is 0.497 e. The minimum absolute atomic E-state index is 0.0482. The van der Waals surface area contributed by atoms with Crippen molar-refractivity contribution >= 4 is 46.5 Å². The number of rotatable bonds is 6. The molecule has 0 saturated heterocycles. The number of methoxy groups -OCH3 is 2. The number of carboxylic acid groups (broad SMARTS) is 1. The van der Waals surface area contributed by atoms with Crippen molar-refractivity contribution in [3.05, 3.63) is 64.4 Å². The number of hydrogen-bond donors (Lipinski definition) is 2. The zero-order valence-corrected chi connectivity index (χ0v) is 17.9. The Balaban J connectivity index is 2.04. The summed E-state index contributed by atoms with van der Waals surface area (Å²) in [7, 11) is 2.89. The third-order valence-electron chi connectivity index (χ3n) is 4.61. The van der Waals surface area contributed by atoms with Gasteiger partial charge < -0.3 is 19.9 Å². The minimum Gasteiger partial charge on any atom is -0.497 e. The summed E-state index contributed by atoms with van der Waals surface area (Å²) in [5, 5.41) is 13.9. The Kier molecular flexibility index (Phi) is 5.58. The Hall–Kier alpha value is -3.49. The van der Waals surface area contributed by atoms with Crippen molar-refractivity contribution in [2.45, 2.75) is 0 Å². The molecule has 2 heterocycles. The third kappa shape index (κ3) is 3.71. The highest BCUT2D eigenvalue weighted by molar-refractivity contribution is 6.39. The van der Waals surface area contributed by atoms with Gasteiger partial charge in [-0.15, -0.1) is 0 Å². The number of carboxylic acids is 1. The summed E-state index contributed by atoms with van der Waals surface area (Å²) in [6.07, 6.45) is 3.32. The Labute approximate surface area is 187 Å². The number of aromatic nitrogens is 3. The molecule has 8 nitrogen and oxygen atoms in total. The second-order valence-electron chi connectivity index (χ2n) is 6.38. The Morgan fingerprint density at radius 3 is 2.52 bits per heavy atom. The smallest absolute Gasteiger partial charge is 0.336 e. The number of fused-ring (bicyclic) bond motifs is 1. The van der Waals surface area contributed by atoms with Crippen LogP contribution in [-0.4, -0.2) is 39.7 Å². The number of nitrogens with zero attached hydrogens (tertiary/aromatic N) is 3. The average Bonchev–Trinajstić information content (AvgIpc) is 3.13. The van der Waals surface area contributed by atoms with E-state index in [1.165, 1.54) is 20.3 Å². The van der Waals surface area contributed by atoms with Crippen LogP contribution < -0.4 is 14.8 Å². The van der Waals surface area contributed by atoms with E-state index in [0.717, 1.165) is 0 Å². The van der Waals surface area contributed by atoms with Gasteiger partial charge in [-0.2, -0.15) is 0 Å². The molecule has 4 rings (SSSR count). The molecule has 0 saturated carbocycles. The summed E-state index contributed by atoms with van der Waals surface area (Å²) in [6.45, 7) is 0. The number of ether oxygens (including phenoxy) is 2. The van der Waals surface area contributed by atoms with Crippen molar-refractivity contribution < 1.29 is 19.4 Å². The Morgan fingerprint density at radius 2 is 1.87 bits per heavy atom. The summed E-state index contributed by atoms with van der Waals surface area (Å²) in [6, 6.07) is 9.82. The van der Waals surface area contributed by atoms with Crippen molar-refractivity contribution in [2.75, 3.05) is 19.5 Å². The first-order chi connectivity index (χ1) is 14.9. The summed E-state index contributed by atoms with van der Waals surface area (Å²) in [4.78, 5) is 20.9. The Bertz CT molecular complexity index is 1290. The summed E-state index contributed by atoms with van der Waals surface area (Å²) >= 11 is 12.7. The predicted molar refractivity (Wildman–Crippen MR) is 118 cm³/mol. The molecule has 0 aliphatic carbocycles. The number of para-hydroxylation sites is 1. The fourth-order valence-electron chi connectivity index (χ4n) is 3.20. The number of halogens is 2. The van der Waals surface area contributed by atoms with E-state index < -0.39 is 5.97 Å². The lowest BCUT2D eigenvalue weighted by atomic mass is 10.0. The maximum absolute atomic E-state index is 12.1. The van der Waals surface area contributed by atoms with Gasteiger partial charge in [0.1, 0.15) is 23.0 Å². The minimum atomic E-state index is -1.17. The van der Waals surface area contributed by atoms with Crippen molar-refractivity contribution in [1.82, 2.24) is 14.4 Å². The summed E-state index contributed by atoms with van der Waals surface area (Å²) < 4.78 is 12.4. The lowest BCUT2D eigenvalue weighted by Gasteiger charge is -2.15. The highest BCUT2D eigenvalue weighted by Crippen LogP contribution is 2.42. The van der Waals surface area contributed by atoms with Crippen LogP contribution in [0.4, 0.5) is 11.5 Å². The molecular weight excluding hydrogens is 443 g/mol. The van der Waals surface area contributed by atoms with Crippen LogP contribution in [0.15, 0.2) is 48.8 Å². The van der Waals surface area contributed by atoms with Crippen molar-refractivity contribution in [2.24, 2.45) is 0 Å². The second-order valence-corrected chi connectivity index (χ2v) is 7.19. The van der Waals surface area contributed by atoms with Gasteiger partial charge in [-0.25, -0.2) is 14.8 Å². The molecule has 0 spiro atoms. The van der Waals surface area contributed by atoms with Crippen molar-refractivity contribution in [1.29, 1.82) is 0 Å². The highest BCUT2D eigenvalue weighted by Gasteiger charge is 2.26. The molecule has 2 aromatic heterocycles. The topological polar surface area (TPSA) is 98.0 Å². The molecular formula is C21H16Cl2N4O4. The molecule has 0 aliphatic rings. The maximum Gasteiger partial charge on any atom is 0.336 e. The van der Waals surface area contributed by atoms with Gasteiger partial charge in [-0.3, -0.25) is 4.40 Å². The molecule has 0 amide bonds. The summed E-state index contributed by atoms with van der Waals surface area (Å²) in [5.41, 5.74) is 0.952. The molecule has 0 atom stereocenters. The number of hydrogen-bond acceptors (Lipinski definition) is 6. The first kappa shape index (κ1) is 20.8. The van der Waals surface area contributed by atoms with Crippen LogP contribution in [0.2, 0.25) is 10.0 Å². The fraction of sp³-hybridized carbons (Fsp3) is 0.0952. The van der Waals surface area contributed by atoms with Crippen molar-refractivity contribution in [3.8, 4) is 22.8 Å². The van der Waals surface area contributed by atoms with E-state index in [1.54, 1.807) is 47.1 Å². The second kappa shape index (κ2) is 8.33. The normalized spacial score (nSPS) is 10.8. The van der Waals surface area contributed by atoms with E-state index in [0.29, 0.717) is 38.8 Å². The van der Waals surface area contributed by atoms with Gasteiger partial charge in [0.2, 0.25) is 5.78 Å². The van der Waals surface area contributed by atoms with Gasteiger partial charge in [-0.1, -0.05) is 29.3 Å². The molecule has 2 aromatic carbocycles. The fourth-order valence-corrected chi connectivity index (χ4v) is 3.69.